The third-order valence-corrected chi connectivity index (χ3v) is 3.89. The van der Waals surface area contributed by atoms with Gasteiger partial charge in [0.25, 0.3) is 0 Å². The second kappa shape index (κ2) is 3.92. The van der Waals surface area contributed by atoms with E-state index in [0.29, 0.717) is 6.04 Å². The molecule has 0 aromatic rings. The second-order valence-corrected chi connectivity index (χ2v) is 4.72. The first kappa shape index (κ1) is 11.6. The van der Waals surface area contributed by atoms with Crippen LogP contribution in [0.2, 0.25) is 0 Å². The maximum absolute atomic E-state index is 5.55. The smallest absolute Gasteiger partial charge is 0.0731 e. The molecule has 80 valence electrons. The zero-order valence-corrected chi connectivity index (χ0v) is 9.90. The Balaban J connectivity index is 2.49. The standard InChI is InChI=1S/C12H21NO/c1-6-7-8-13-10-9-12(4,14-5)11(10,2)3/h10,13H,8-9H2,1-5H3. The highest BCUT2D eigenvalue weighted by molar-refractivity contribution is 5.12. The molecular formula is C12H21NO. The van der Waals surface area contributed by atoms with Gasteiger partial charge in [0.2, 0.25) is 0 Å². The number of rotatable bonds is 3. The molecule has 0 aliphatic heterocycles. The fourth-order valence-corrected chi connectivity index (χ4v) is 2.08. The fraction of sp³-hybridized carbons (Fsp3) is 0.833. The number of hydrogen-bond donors (Lipinski definition) is 1. The maximum Gasteiger partial charge on any atom is 0.0731 e. The average Bonchev–Trinajstić information content (AvgIpc) is 2.16. The van der Waals surface area contributed by atoms with E-state index >= 15 is 0 Å². The van der Waals surface area contributed by atoms with Gasteiger partial charge < -0.3 is 10.1 Å². The minimum absolute atomic E-state index is 0.0182. The van der Waals surface area contributed by atoms with Crippen LogP contribution in [0.5, 0.6) is 0 Å². The quantitative estimate of drug-likeness (QED) is 0.693. The van der Waals surface area contributed by atoms with E-state index in [4.69, 9.17) is 4.74 Å². The molecule has 1 N–H and O–H groups in total. The van der Waals surface area contributed by atoms with Gasteiger partial charge in [-0.05, 0) is 20.3 Å². The molecule has 0 aromatic carbocycles. The molecule has 0 radical (unpaired) electrons. The van der Waals surface area contributed by atoms with Gasteiger partial charge in [-0.15, -0.1) is 5.92 Å². The Morgan fingerprint density at radius 1 is 1.43 bits per heavy atom. The van der Waals surface area contributed by atoms with E-state index in [1.54, 1.807) is 7.11 Å². The zero-order valence-electron chi connectivity index (χ0n) is 9.90. The molecule has 0 saturated heterocycles. The lowest BCUT2D eigenvalue weighted by Gasteiger charge is -2.59. The van der Waals surface area contributed by atoms with Gasteiger partial charge in [0.15, 0.2) is 0 Å². The molecule has 1 aliphatic rings. The Kier molecular flexibility index (Phi) is 3.24. The van der Waals surface area contributed by atoms with Gasteiger partial charge in [0.05, 0.1) is 12.1 Å². The minimum atomic E-state index is 0.0182. The normalized spacial score (nSPS) is 34.2. The van der Waals surface area contributed by atoms with Crippen LogP contribution in [0.15, 0.2) is 0 Å². The number of hydrogen-bond acceptors (Lipinski definition) is 2. The van der Waals surface area contributed by atoms with Crippen molar-refractivity contribution in [1.82, 2.24) is 5.32 Å². The summed E-state index contributed by atoms with van der Waals surface area (Å²) in [6.45, 7) is 9.32. The van der Waals surface area contributed by atoms with Crippen LogP contribution in [0.4, 0.5) is 0 Å². The topological polar surface area (TPSA) is 21.3 Å². The van der Waals surface area contributed by atoms with Gasteiger partial charge in [-0.2, -0.15) is 0 Å². The second-order valence-electron chi connectivity index (χ2n) is 4.72. The summed E-state index contributed by atoms with van der Waals surface area (Å²) in [5.74, 6) is 5.92. The van der Waals surface area contributed by atoms with Gasteiger partial charge in [0, 0.05) is 18.6 Å². The number of nitrogens with one attached hydrogen (secondary N) is 1. The Labute approximate surface area is 87.4 Å². The molecule has 0 spiro atoms. The first-order valence-electron chi connectivity index (χ1n) is 5.16. The monoisotopic (exact) mass is 195 g/mol. The van der Waals surface area contributed by atoms with Gasteiger partial charge in [-0.25, -0.2) is 0 Å². The molecule has 2 unspecified atom stereocenters. The highest BCUT2D eigenvalue weighted by Crippen LogP contribution is 2.51. The van der Waals surface area contributed by atoms with Crippen molar-refractivity contribution in [2.24, 2.45) is 5.41 Å². The van der Waals surface area contributed by atoms with Crippen LogP contribution in [0.1, 0.15) is 34.1 Å². The maximum atomic E-state index is 5.55. The lowest BCUT2D eigenvalue weighted by molar-refractivity contribution is -0.179. The van der Waals surface area contributed by atoms with Crippen LogP contribution in [0, 0.1) is 17.3 Å². The zero-order chi connectivity index (χ0) is 10.8. The first-order valence-corrected chi connectivity index (χ1v) is 5.16. The molecule has 2 atom stereocenters. The van der Waals surface area contributed by atoms with E-state index in [9.17, 15) is 0 Å². The Morgan fingerprint density at radius 3 is 2.50 bits per heavy atom. The predicted molar refractivity (Wildman–Crippen MR) is 59.1 cm³/mol. The van der Waals surface area contributed by atoms with Crippen molar-refractivity contribution in [1.29, 1.82) is 0 Å². The van der Waals surface area contributed by atoms with E-state index in [2.05, 4.69) is 37.9 Å². The molecule has 2 heteroatoms. The lowest BCUT2D eigenvalue weighted by atomic mass is 9.56. The molecule has 0 aromatic heterocycles. The van der Waals surface area contributed by atoms with Crippen molar-refractivity contribution < 1.29 is 4.74 Å². The highest BCUT2D eigenvalue weighted by atomic mass is 16.5. The summed E-state index contributed by atoms with van der Waals surface area (Å²) in [6, 6.07) is 0.522. The largest absolute Gasteiger partial charge is 0.378 e. The van der Waals surface area contributed by atoms with Crippen LogP contribution >= 0.6 is 0 Å². The molecule has 1 saturated carbocycles. The van der Waals surface area contributed by atoms with E-state index in [1.165, 1.54) is 0 Å². The molecule has 0 bridgehead atoms. The number of ether oxygens (including phenoxy) is 1. The summed E-state index contributed by atoms with van der Waals surface area (Å²) < 4.78 is 5.55. The van der Waals surface area contributed by atoms with E-state index < -0.39 is 0 Å². The summed E-state index contributed by atoms with van der Waals surface area (Å²) in [5, 5.41) is 3.45. The Morgan fingerprint density at radius 2 is 2.07 bits per heavy atom. The third-order valence-electron chi connectivity index (χ3n) is 3.89. The molecule has 0 heterocycles. The molecular weight excluding hydrogens is 174 g/mol. The van der Waals surface area contributed by atoms with Crippen molar-refractivity contribution >= 4 is 0 Å². The predicted octanol–water partition coefficient (Wildman–Crippen LogP) is 1.80. The van der Waals surface area contributed by atoms with E-state index in [1.807, 2.05) is 6.92 Å². The van der Waals surface area contributed by atoms with Crippen LogP contribution < -0.4 is 5.32 Å². The Bertz CT molecular complexity index is 261. The van der Waals surface area contributed by atoms with Crippen molar-refractivity contribution in [3.05, 3.63) is 0 Å². The molecule has 1 fully saturated rings. The molecule has 0 amide bonds. The van der Waals surface area contributed by atoms with Gasteiger partial charge in [0.1, 0.15) is 0 Å². The minimum Gasteiger partial charge on any atom is -0.378 e. The molecule has 14 heavy (non-hydrogen) atoms. The van der Waals surface area contributed by atoms with Crippen LogP contribution in [0.3, 0.4) is 0 Å². The SMILES string of the molecule is CC#CCNC1CC(C)(OC)C1(C)C. The molecule has 2 nitrogen and oxygen atoms in total. The van der Waals surface area contributed by atoms with Gasteiger partial charge >= 0.3 is 0 Å². The van der Waals surface area contributed by atoms with E-state index in [-0.39, 0.29) is 11.0 Å². The van der Waals surface area contributed by atoms with Gasteiger partial charge in [-0.1, -0.05) is 19.8 Å². The van der Waals surface area contributed by atoms with E-state index in [0.717, 1.165) is 13.0 Å². The summed E-state index contributed by atoms with van der Waals surface area (Å²) >= 11 is 0. The Hall–Kier alpha value is -0.520. The summed E-state index contributed by atoms with van der Waals surface area (Å²) in [6.07, 6.45) is 1.07. The molecule has 1 aliphatic carbocycles. The van der Waals surface area contributed by atoms with Crippen LogP contribution in [0.25, 0.3) is 0 Å². The van der Waals surface area contributed by atoms with Crippen LogP contribution in [-0.4, -0.2) is 25.3 Å². The fourth-order valence-electron chi connectivity index (χ4n) is 2.08. The summed E-state index contributed by atoms with van der Waals surface area (Å²) in [7, 11) is 1.80. The highest BCUT2D eigenvalue weighted by Gasteiger charge is 2.57. The summed E-state index contributed by atoms with van der Waals surface area (Å²) in [4.78, 5) is 0. The number of methoxy groups -OCH3 is 1. The van der Waals surface area contributed by atoms with Crippen molar-refractivity contribution in [3.8, 4) is 11.8 Å². The summed E-state index contributed by atoms with van der Waals surface area (Å²) in [5.41, 5.74) is 0.210. The van der Waals surface area contributed by atoms with Crippen molar-refractivity contribution in [2.45, 2.75) is 45.8 Å². The van der Waals surface area contributed by atoms with Gasteiger partial charge in [-0.3, -0.25) is 0 Å². The first-order chi connectivity index (χ1) is 6.48. The van der Waals surface area contributed by atoms with Crippen molar-refractivity contribution in [3.63, 3.8) is 0 Å². The van der Waals surface area contributed by atoms with Crippen molar-refractivity contribution in [2.75, 3.05) is 13.7 Å². The lowest BCUT2D eigenvalue weighted by Crippen LogP contribution is -2.67. The average molecular weight is 195 g/mol. The molecule has 1 rings (SSSR count). The van der Waals surface area contributed by atoms with Crippen LogP contribution in [-0.2, 0) is 4.74 Å². The third kappa shape index (κ3) is 1.67.